The number of carboxylic acids is 1. The normalized spacial score (nSPS) is 11.6. The summed E-state index contributed by atoms with van der Waals surface area (Å²) in [5.74, 6) is -0.842. The molecule has 1 rings (SSSR count). The van der Waals surface area contributed by atoms with Gasteiger partial charge in [0.05, 0.1) is 0 Å². The van der Waals surface area contributed by atoms with Crippen LogP contribution in [0.15, 0.2) is 16.3 Å². The van der Waals surface area contributed by atoms with E-state index < -0.39 is 5.97 Å². The molecule has 1 aromatic rings. The molecule has 0 aliphatic heterocycles. The third-order valence-corrected chi connectivity index (χ3v) is 3.36. The van der Waals surface area contributed by atoms with Crippen molar-refractivity contribution in [3.05, 3.63) is 16.3 Å². The van der Waals surface area contributed by atoms with E-state index in [-0.39, 0.29) is 4.75 Å². The third kappa shape index (κ3) is 3.40. The number of rotatable bonds is 2. The lowest BCUT2D eigenvalue weighted by Crippen LogP contribution is -2.05. The van der Waals surface area contributed by atoms with Crippen LogP contribution in [0.4, 0.5) is 0 Å². The van der Waals surface area contributed by atoms with Gasteiger partial charge in [0.15, 0.2) is 0 Å². The van der Waals surface area contributed by atoms with Gasteiger partial charge in [-0.3, -0.25) is 0 Å². The first-order valence-corrected chi connectivity index (χ1v) is 5.59. The lowest BCUT2D eigenvalue weighted by molar-refractivity contribution is 0.0702. The number of hydrogen-bond acceptors (Lipinski definition) is 3. The van der Waals surface area contributed by atoms with E-state index in [1.54, 1.807) is 17.8 Å². The van der Waals surface area contributed by atoms with E-state index in [0.29, 0.717) is 4.88 Å². The Morgan fingerprint density at radius 3 is 2.54 bits per heavy atom. The second-order valence-corrected chi connectivity index (χ2v) is 6.48. The van der Waals surface area contributed by atoms with Gasteiger partial charge in [-0.2, -0.15) is 0 Å². The van der Waals surface area contributed by atoms with Crippen LogP contribution in [0.2, 0.25) is 0 Å². The summed E-state index contributed by atoms with van der Waals surface area (Å²) < 4.78 is 0.136. The zero-order valence-corrected chi connectivity index (χ0v) is 9.46. The van der Waals surface area contributed by atoms with E-state index in [1.165, 1.54) is 11.3 Å². The zero-order valence-electron chi connectivity index (χ0n) is 7.83. The van der Waals surface area contributed by atoms with Crippen LogP contribution in [-0.4, -0.2) is 15.8 Å². The smallest absolute Gasteiger partial charge is 0.345 e. The Kier molecular flexibility index (Phi) is 3.03. The SMILES string of the molecule is CC(C)(C)Sc1csc(C(=O)O)c1. The maximum Gasteiger partial charge on any atom is 0.345 e. The highest BCUT2D eigenvalue weighted by atomic mass is 32.2. The molecule has 0 fully saturated rings. The fourth-order valence-corrected chi connectivity index (χ4v) is 2.74. The molecule has 0 bridgehead atoms. The van der Waals surface area contributed by atoms with Gasteiger partial charge in [0.1, 0.15) is 4.88 Å². The first-order chi connectivity index (χ1) is 5.88. The molecule has 72 valence electrons. The molecule has 0 aliphatic carbocycles. The van der Waals surface area contributed by atoms with Gasteiger partial charge in [-0.25, -0.2) is 4.79 Å². The van der Waals surface area contributed by atoms with Crippen LogP contribution in [0.1, 0.15) is 30.4 Å². The fourth-order valence-electron chi connectivity index (χ4n) is 0.838. The van der Waals surface area contributed by atoms with Gasteiger partial charge in [0.25, 0.3) is 0 Å². The quantitative estimate of drug-likeness (QED) is 0.770. The molecule has 0 amide bonds. The molecule has 1 aromatic heterocycles. The maximum absolute atomic E-state index is 10.6. The average Bonchev–Trinajstić information content (AvgIpc) is 2.31. The van der Waals surface area contributed by atoms with E-state index in [4.69, 9.17) is 5.11 Å². The van der Waals surface area contributed by atoms with E-state index in [1.807, 2.05) is 5.38 Å². The molecular weight excluding hydrogens is 204 g/mol. The molecule has 0 unspecified atom stereocenters. The van der Waals surface area contributed by atoms with Gasteiger partial charge < -0.3 is 5.11 Å². The number of carbonyl (C=O) groups is 1. The van der Waals surface area contributed by atoms with Crippen LogP contribution in [0.25, 0.3) is 0 Å². The first kappa shape index (κ1) is 10.6. The zero-order chi connectivity index (χ0) is 10.1. The number of aromatic carboxylic acids is 1. The summed E-state index contributed by atoms with van der Waals surface area (Å²) in [4.78, 5) is 12.0. The number of hydrogen-bond donors (Lipinski definition) is 1. The topological polar surface area (TPSA) is 37.3 Å². The molecular formula is C9H12O2S2. The molecule has 0 radical (unpaired) electrons. The van der Waals surface area contributed by atoms with Crippen molar-refractivity contribution in [1.29, 1.82) is 0 Å². The summed E-state index contributed by atoms with van der Waals surface area (Å²) in [5.41, 5.74) is 0. The van der Waals surface area contributed by atoms with E-state index in [9.17, 15) is 4.79 Å². The van der Waals surface area contributed by atoms with Crippen LogP contribution in [0.5, 0.6) is 0 Å². The Bertz CT molecular complexity index is 310. The largest absolute Gasteiger partial charge is 0.477 e. The minimum Gasteiger partial charge on any atom is -0.477 e. The minimum atomic E-state index is -0.842. The molecule has 0 aliphatic rings. The van der Waals surface area contributed by atoms with Crippen molar-refractivity contribution in [3.8, 4) is 0 Å². The first-order valence-electron chi connectivity index (χ1n) is 3.89. The van der Waals surface area contributed by atoms with Crippen molar-refractivity contribution in [3.63, 3.8) is 0 Å². The highest BCUT2D eigenvalue weighted by Gasteiger charge is 2.14. The van der Waals surface area contributed by atoms with Crippen molar-refractivity contribution in [2.24, 2.45) is 0 Å². The van der Waals surface area contributed by atoms with Crippen LogP contribution in [0.3, 0.4) is 0 Å². The third-order valence-electron chi connectivity index (χ3n) is 1.21. The minimum absolute atomic E-state index is 0.136. The molecule has 4 heteroatoms. The fraction of sp³-hybridized carbons (Fsp3) is 0.444. The second-order valence-electron chi connectivity index (χ2n) is 3.67. The summed E-state index contributed by atoms with van der Waals surface area (Å²) >= 11 is 2.96. The Labute approximate surface area is 86.0 Å². The molecule has 0 saturated carbocycles. The molecule has 1 heterocycles. The summed E-state index contributed by atoms with van der Waals surface area (Å²) in [6.45, 7) is 6.32. The van der Waals surface area contributed by atoms with Crippen molar-refractivity contribution in [1.82, 2.24) is 0 Å². The second kappa shape index (κ2) is 3.72. The van der Waals surface area contributed by atoms with Gasteiger partial charge in [-0.15, -0.1) is 23.1 Å². The Morgan fingerprint density at radius 1 is 1.54 bits per heavy atom. The van der Waals surface area contributed by atoms with Gasteiger partial charge in [0.2, 0.25) is 0 Å². The summed E-state index contributed by atoms with van der Waals surface area (Å²) in [7, 11) is 0. The Morgan fingerprint density at radius 2 is 2.15 bits per heavy atom. The van der Waals surface area contributed by atoms with Crippen molar-refractivity contribution in [2.75, 3.05) is 0 Å². The van der Waals surface area contributed by atoms with Crippen molar-refractivity contribution in [2.45, 2.75) is 30.4 Å². The summed E-state index contributed by atoms with van der Waals surface area (Å²) in [5, 5.41) is 10.6. The highest BCUT2D eigenvalue weighted by Crippen LogP contribution is 2.34. The maximum atomic E-state index is 10.6. The van der Waals surface area contributed by atoms with E-state index >= 15 is 0 Å². The molecule has 1 N–H and O–H groups in total. The lowest BCUT2D eigenvalue weighted by Gasteiger charge is -2.15. The molecule has 2 nitrogen and oxygen atoms in total. The predicted molar refractivity (Wildman–Crippen MR) is 56.9 cm³/mol. The number of thiophene rings is 1. The standard InChI is InChI=1S/C9H12O2S2/c1-9(2,3)13-6-4-7(8(10)11)12-5-6/h4-5H,1-3H3,(H,10,11). The molecule has 0 spiro atoms. The average molecular weight is 216 g/mol. The Hall–Kier alpha value is -0.480. The molecule has 0 aromatic carbocycles. The molecule has 0 saturated heterocycles. The van der Waals surface area contributed by atoms with E-state index in [0.717, 1.165) is 4.90 Å². The van der Waals surface area contributed by atoms with Crippen LogP contribution in [0, 0.1) is 0 Å². The van der Waals surface area contributed by atoms with Gasteiger partial charge in [-0.1, -0.05) is 20.8 Å². The molecule has 0 atom stereocenters. The number of carboxylic acid groups (broad SMARTS) is 1. The highest BCUT2D eigenvalue weighted by molar-refractivity contribution is 8.00. The van der Waals surface area contributed by atoms with Crippen LogP contribution in [-0.2, 0) is 0 Å². The monoisotopic (exact) mass is 216 g/mol. The van der Waals surface area contributed by atoms with Crippen LogP contribution < -0.4 is 0 Å². The van der Waals surface area contributed by atoms with Gasteiger partial charge in [0, 0.05) is 15.0 Å². The van der Waals surface area contributed by atoms with Gasteiger partial charge >= 0.3 is 5.97 Å². The molecule has 13 heavy (non-hydrogen) atoms. The van der Waals surface area contributed by atoms with Crippen molar-refractivity contribution < 1.29 is 9.90 Å². The van der Waals surface area contributed by atoms with Crippen molar-refractivity contribution >= 4 is 29.1 Å². The predicted octanol–water partition coefficient (Wildman–Crippen LogP) is 3.34. The van der Waals surface area contributed by atoms with Gasteiger partial charge in [-0.05, 0) is 6.07 Å². The van der Waals surface area contributed by atoms with Crippen LogP contribution >= 0.6 is 23.1 Å². The lowest BCUT2D eigenvalue weighted by atomic mass is 10.3. The Balaban J connectivity index is 2.75. The number of thioether (sulfide) groups is 1. The van der Waals surface area contributed by atoms with E-state index in [2.05, 4.69) is 20.8 Å². The summed E-state index contributed by atoms with van der Waals surface area (Å²) in [6.07, 6.45) is 0. The summed E-state index contributed by atoms with van der Waals surface area (Å²) in [6, 6.07) is 1.73.